The van der Waals surface area contributed by atoms with Gasteiger partial charge in [-0.05, 0) is 93.3 Å². The van der Waals surface area contributed by atoms with E-state index in [-0.39, 0.29) is 4.90 Å². The van der Waals surface area contributed by atoms with Crippen molar-refractivity contribution in [3.05, 3.63) is 102 Å². The highest BCUT2D eigenvalue weighted by Gasteiger charge is 2.26. The largest absolute Gasteiger partial charge is 0.514 e. The average molecular weight is 684 g/mol. The molecule has 0 spiro atoms. The fourth-order valence-electron chi connectivity index (χ4n) is 5.61. The van der Waals surface area contributed by atoms with Crippen LogP contribution in [0.15, 0.2) is 95.9 Å². The van der Waals surface area contributed by atoms with Crippen molar-refractivity contribution in [1.29, 1.82) is 0 Å². The van der Waals surface area contributed by atoms with Crippen molar-refractivity contribution in [2.24, 2.45) is 0 Å². The Bertz CT molecular complexity index is 2000. The molecule has 0 radical (unpaired) electrons. The molecule has 4 aromatic carbocycles. The molecule has 0 aliphatic rings. The summed E-state index contributed by atoms with van der Waals surface area (Å²) in [6.07, 6.45) is 2.70. The van der Waals surface area contributed by atoms with Crippen LogP contribution in [-0.4, -0.2) is 43.4 Å². The lowest BCUT2D eigenvalue weighted by atomic mass is 10.0. The Labute approximate surface area is 289 Å². The van der Waals surface area contributed by atoms with Gasteiger partial charge < -0.3 is 18.8 Å². The number of aromatic nitrogens is 2. The monoisotopic (exact) mass is 683 g/mol. The predicted molar refractivity (Wildman–Crippen MR) is 194 cm³/mol. The van der Waals surface area contributed by atoms with Gasteiger partial charge in [0.2, 0.25) is 0 Å². The SMILES string of the molecule is CCCCc1nc2ccc(N(CCC)S(=O)(=O)c3ccc(OC)cc3)cc2n1Cc1ccc(-c2ccccc2OC(=O)OC(C)(C)C)cc1. The van der Waals surface area contributed by atoms with Crippen LogP contribution in [-0.2, 0) is 27.7 Å². The zero-order valence-electron chi connectivity index (χ0n) is 29.1. The molecule has 0 aliphatic heterocycles. The fourth-order valence-corrected chi connectivity index (χ4v) is 7.16. The van der Waals surface area contributed by atoms with E-state index < -0.39 is 21.8 Å². The molecule has 0 atom stereocenters. The number of para-hydroxylation sites is 1. The summed E-state index contributed by atoms with van der Waals surface area (Å²) < 4.78 is 47.6. The van der Waals surface area contributed by atoms with Crippen LogP contribution in [0.4, 0.5) is 10.5 Å². The number of unbranched alkanes of at least 4 members (excludes halogenated alkanes) is 1. The first-order valence-corrected chi connectivity index (χ1v) is 18.1. The maximum atomic E-state index is 13.9. The molecule has 0 amide bonds. The zero-order chi connectivity index (χ0) is 35.2. The predicted octanol–water partition coefficient (Wildman–Crippen LogP) is 9.02. The number of imidazole rings is 1. The smallest absolute Gasteiger partial charge is 0.497 e. The third-order valence-electron chi connectivity index (χ3n) is 8.00. The van der Waals surface area contributed by atoms with Crippen LogP contribution < -0.4 is 13.8 Å². The first-order valence-electron chi connectivity index (χ1n) is 16.7. The minimum Gasteiger partial charge on any atom is -0.497 e. The Kier molecular flexibility index (Phi) is 11.0. The molecule has 5 rings (SSSR count). The molecule has 5 aromatic rings. The van der Waals surface area contributed by atoms with Crippen LogP contribution in [0.5, 0.6) is 11.5 Å². The summed E-state index contributed by atoms with van der Waals surface area (Å²) in [5.74, 6) is 1.97. The number of carbonyl (C=O) groups is 1. The van der Waals surface area contributed by atoms with E-state index in [9.17, 15) is 13.2 Å². The van der Waals surface area contributed by atoms with E-state index in [1.54, 1.807) is 58.2 Å². The van der Waals surface area contributed by atoms with Gasteiger partial charge in [-0.25, -0.2) is 18.2 Å². The molecule has 0 aliphatic carbocycles. The molecule has 0 bridgehead atoms. The quantitative estimate of drug-likeness (QED) is 0.0902. The number of methoxy groups -OCH3 is 1. The van der Waals surface area contributed by atoms with Crippen LogP contribution in [0.1, 0.15) is 65.3 Å². The lowest BCUT2D eigenvalue weighted by molar-refractivity contribution is 0.0207. The second-order valence-electron chi connectivity index (χ2n) is 12.9. The van der Waals surface area contributed by atoms with Crippen LogP contribution >= 0.6 is 0 Å². The van der Waals surface area contributed by atoms with Gasteiger partial charge in [0.15, 0.2) is 0 Å². The van der Waals surface area contributed by atoms with Gasteiger partial charge in [-0.1, -0.05) is 62.7 Å². The number of fused-ring (bicyclic) bond motifs is 1. The first kappa shape index (κ1) is 35.5. The third-order valence-corrected chi connectivity index (χ3v) is 9.84. The standard InChI is InChI=1S/C39H45N3O6S/c1-7-9-14-37-40-34-24-19-30(42(25-8-2)49(44,45)32-22-20-31(46-6)21-23-32)26-35(34)41(37)27-28-15-17-29(18-16-28)33-12-10-11-13-36(33)47-38(43)48-39(3,4)5/h10-13,15-24,26H,7-9,14,25,27H2,1-6H3. The average Bonchev–Trinajstić information content (AvgIpc) is 3.41. The van der Waals surface area contributed by atoms with Gasteiger partial charge in [-0.2, -0.15) is 0 Å². The normalized spacial score (nSPS) is 11.8. The molecule has 0 N–H and O–H groups in total. The number of aryl methyl sites for hydroxylation is 1. The fraction of sp³-hybridized carbons (Fsp3) is 0.333. The summed E-state index contributed by atoms with van der Waals surface area (Å²) in [6, 6.07) is 27.7. The maximum Gasteiger partial charge on any atom is 0.514 e. The van der Waals surface area contributed by atoms with Gasteiger partial charge in [0.25, 0.3) is 10.0 Å². The number of hydrogen-bond acceptors (Lipinski definition) is 7. The molecule has 9 nitrogen and oxygen atoms in total. The number of carbonyl (C=O) groups excluding carboxylic acids is 1. The summed E-state index contributed by atoms with van der Waals surface area (Å²) >= 11 is 0. The Morgan fingerprint density at radius 3 is 2.27 bits per heavy atom. The van der Waals surface area contributed by atoms with E-state index in [2.05, 4.69) is 23.6 Å². The number of ether oxygens (including phenoxy) is 3. The van der Waals surface area contributed by atoms with E-state index >= 15 is 0 Å². The van der Waals surface area contributed by atoms with E-state index in [1.807, 2.05) is 55.5 Å². The van der Waals surface area contributed by atoms with E-state index in [0.717, 1.165) is 52.8 Å². The zero-order valence-corrected chi connectivity index (χ0v) is 29.9. The molecular weight excluding hydrogens is 639 g/mol. The molecule has 10 heteroatoms. The molecular formula is C39H45N3O6S. The topological polar surface area (TPSA) is 100.0 Å². The van der Waals surface area contributed by atoms with Crippen LogP contribution in [0, 0.1) is 0 Å². The molecule has 0 saturated carbocycles. The number of benzene rings is 4. The number of nitrogens with zero attached hydrogens (tertiary/aromatic N) is 3. The highest BCUT2D eigenvalue weighted by atomic mass is 32.2. The van der Waals surface area contributed by atoms with Gasteiger partial charge in [-0.15, -0.1) is 0 Å². The third kappa shape index (κ3) is 8.43. The summed E-state index contributed by atoms with van der Waals surface area (Å²) in [6.45, 7) is 10.4. The molecule has 0 fully saturated rings. The van der Waals surface area contributed by atoms with Crippen molar-refractivity contribution >= 4 is 32.9 Å². The molecule has 1 aromatic heterocycles. The number of sulfonamides is 1. The highest BCUT2D eigenvalue weighted by molar-refractivity contribution is 7.92. The summed E-state index contributed by atoms with van der Waals surface area (Å²) in [7, 11) is -2.28. The van der Waals surface area contributed by atoms with Gasteiger partial charge in [0, 0.05) is 25.1 Å². The van der Waals surface area contributed by atoms with Crippen molar-refractivity contribution in [3.63, 3.8) is 0 Å². The van der Waals surface area contributed by atoms with Crippen LogP contribution in [0.3, 0.4) is 0 Å². The Hall–Kier alpha value is -4.83. The maximum absolute atomic E-state index is 13.9. The van der Waals surface area contributed by atoms with Gasteiger partial charge >= 0.3 is 6.16 Å². The number of anilines is 1. The van der Waals surface area contributed by atoms with Crippen molar-refractivity contribution in [1.82, 2.24) is 9.55 Å². The van der Waals surface area contributed by atoms with Crippen molar-refractivity contribution < 1.29 is 27.4 Å². The van der Waals surface area contributed by atoms with E-state index in [0.29, 0.717) is 36.7 Å². The van der Waals surface area contributed by atoms with Gasteiger partial charge in [0.1, 0.15) is 22.9 Å². The van der Waals surface area contributed by atoms with Crippen molar-refractivity contribution in [3.8, 4) is 22.6 Å². The Morgan fingerprint density at radius 2 is 1.61 bits per heavy atom. The Morgan fingerprint density at radius 1 is 0.898 bits per heavy atom. The van der Waals surface area contributed by atoms with E-state index in [1.165, 1.54) is 4.31 Å². The summed E-state index contributed by atoms with van der Waals surface area (Å²) in [4.78, 5) is 17.6. The van der Waals surface area contributed by atoms with Crippen molar-refractivity contribution in [2.75, 3.05) is 18.0 Å². The van der Waals surface area contributed by atoms with Crippen LogP contribution in [0.25, 0.3) is 22.2 Å². The van der Waals surface area contributed by atoms with Gasteiger partial charge in [-0.3, -0.25) is 4.31 Å². The minimum absolute atomic E-state index is 0.206. The van der Waals surface area contributed by atoms with E-state index in [4.69, 9.17) is 19.2 Å². The second-order valence-corrected chi connectivity index (χ2v) is 14.8. The van der Waals surface area contributed by atoms with Gasteiger partial charge in [0.05, 0.1) is 28.7 Å². The summed E-state index contributed by atoms with van der Waals surface area (Å²) in [5, 5.41) is 0. The summed E-state index contributed by atoms with van der Waals surface area (Å²) in [5.41, 5.74) is 4.33. The molecule has 49 heavy (non-hydrogen) atoms. The Balaban J connectivity index is 1.48. The molecule has 258 valence electrons. The lowest BCUT2D eigenvalue weighted by Gasteiger charge is -2.24. The van der Waals surface area contributed by atoms with Crippen molar-refractivity contribution in [2.45, 2.75) is 77.3 Å². The second kappa shape index (κ2) is 15.2. The molecule has 1 heterocycles. The molecule has 0 unspecified atom stereocenters. The minimum atomic E-state index is -3.83. The van der Waals surface area contributed by atoms with Crippen LogP contribution in [0.2, 0.25) is 0 Å². The number of rotatable bonds is 13. The number of hydrogen-bond donors (Lipinski definition) is 0. The first-order chi connectivity index (χ1) is 23.4. The highest BCUT2D eigenvalue weighted by Crippen LogP contribution is 2.32. The lowest BCUT2D eigenvalue weighted by Crippen LogP contribution is -2.31. The molecule has 0 saturated heterocycles.